The van der Waals surface area contributed by atoms with Crippen molar-refractivity contribution in [1.82, 2.24) is 9.71 Å². The van der Waals surface area contributed by atoms with Gasteiger partial charge in [-0.25, -0.2) is 18.1 Å². The van der Waals surface area contributed by atoms with Gasteiger partial charge in [0.15, 0.2) is 0 Å². The van der Waals surface area contributed by atoms with Crippen LogP contribution in [0.25, 0.3) is 10.2 Å². The highest BCUT2D eigenvalue weighted by molar-refractivity contribution is 9.10. The zero-order valence-corrected chi connectivity index (χ0v) is 16.2. The monoisotopic (exact) mass is 440 g/mol. The molecule has 9 heteroatoms. The quantitative estimate of drug-likeness (QED) is 0.658. The number of ether oxygens (including phenoxy) is 1. The average Bonchev–Trinajstić information content (AvgIpc) is 3.01. The molecule has 2 aromatic carbocycles. The highest BCUT2D eigenvalue weighted by Crippen LogP contribution is 2.24. The number of sulfonamides is 1. The number of thiazole rings is 1. The Morgan fingerprint density at radius 3 is 2.84 bits per heavy atom. The van der Waals surface area contributed by atoms with Gasteiger partial charge in [-0.2, -0.15) is 0 Å². The highest BCUT2D eigenvalue weighted by atomic mass is 79.9. The largest absolute Gasteiger partial charge is 0.497 e. The van der Waals surface area contributed by atoms with Crippen molar-refractivity contribution in [2.24, 2.45) is 0 Å². The second kappa shape index (κ2) is 7.11. The molecule has 3 rings (SSSR count). The smallest absolute Gasteiger partial charge is 0.264 e. The van der Waals surface area contributed by atoms with Crippen molar-refractivity contribution in [2.45, 2.75) is 11.3 Å². The third kappa shape index (κ3) is 4.17. The number of halogens is 1. The van der Waals surface area contributed by atoms with Crippen LogP contribution in [-0.4, -0.2) is 26.4 Å². The summed E-state index contributed by atoms with van der Waals surface area (Å²) in [5.74, 6) is -0.236. The van der Waals surface area contributed by atoms with Crippen LogP contribution in [0.5, 0.6) is 5.75 Å². The molecular weight excluding hydrogens is 428 g/mol. The van der Waals surface area contributed by atoms with Gasteiger partial charge < -0.3 is 4.74 Å². The van der Waals surface area contributed by atoms with E-state index in [-0.39, 0.29) is 11.3 Å². The summed E-state index contributed by atoms with van der Waals surface area (Å²) in [4.78, 5) is 16.3. The zero-order chi connectivity index (χ0) is 18.0. The third-order valence-electron chi connectivity index (χ3n) is 3.40. The first-order valence-corrected chi connectivity index (χ1v) is 10.3. The number of aromatic nitrogens is 1. The van der Waals surface area contributed by atoms with Gasteiger partial charge in [0.25, 0.3) is 10.0 Å². The summed E-state index contributed by atoms with van der Waals surface area (Å²) in [6, 6.07) is 9.79. The third-order valence-corrected chi connectivity index (χ3v) is 6.00. The van der Waals surface area contributed by atoms with Crippen LogP contribution >= 0.6 is 27.3 Å². The predicted octanol–water partition coefficient (Wildman–Crippen LogP) is 3.12. The van der Waals surface area contributed by atoms with E-state index in [0.29, 0.717) is 10.2 Å². The maximum absolute atomic E-state index is 12.4. The number of carbonyl (C=O) groups excluding carboxylic acids is 1. The number of nitrogens with zero attached hydrogens (tertiary/aromatic N) is 1. The molecule has 0 spiro atoms. The van der Waals surface area contributed by atoms with Crippen LogP contribution in [0.2, 0.25) is 0 Å². The van der Waals surface area contributed by atoms with E-state index in [9.17, 15) is 13.2 Å². The zero-order valence-electron chi connectivity index (χ0n) is 13.0. The molecule has 0 saturated carbocycles. The van der Waals surface area contributed by atoms with E-state index >= 15 is 0 Å². The first kappa shape index (κ1) is 17.8. The van der Waals surface area contributed by atoms with Gasteiger partial charge in [-0.05, 0) is 29.8 Å². The second-order valence-electron chi connectivity index (χ2n) is 5.19. The van der Waals surface area contributed by atoms with Crippen molar-refractivity contribution >= 4 is 53.4 Å². The van der Waals surface area contributed by atoms with Crippen LogP contribution in [0.15, 0.2) is 51.3 Å². The molecule has 0 bridgehead atoms. The summed E-state index contributed by atoms with van der Waals surface area (Å²) in [6.07, 6.45) is -0.0434. The van der Waals surface area contributed by atoms with Crippen molar-refractivity contribution in [2.75, 3.05) is 7.11 Å². The molecule has 130 valence electrons. The van der Waals surface area contributed by atoms with Gasteiger partial charge in [0.05, 0.1) is 34.2 Å². The van der Waals surface area contributed by atoms with Crippen LogP contribution in [-0.2, 0) is 21.2 Å². The van der Waals surface area contributed by atoms with Gasteiger partial charge in [-0.1, -0.05) is 22.0 Å². The summed E-state index contributed by atoms with van der Waals surface area (Å²) in [5, 5.41) is 0. The average molecular weight is 441 g/mol. The van der Waals surface area contributed by atoms with E-state index in [1.165, 1.54) is 30.6 Å². The van der Waals surface area contributed by atoms with Crippen molar-refractivity contribution in [3.63, 3.8) is 0 Å². The van der Waals surface area contributed by atoms with E-state index in [1.807, 2.05) is 12.1 Å². The van der Waals surface area contributed by atoms with E-state index in [2.05, 4.69) is 25.6 Å². The molecule has 0 saturated heterocycles. The molecule has 0 aliphatic rings. The molecule has 0 aliphatic heterocycles. The lowest BCUT2D eigenvalue weighted by Gasteiger charge is -2.09. The Labute approximate surface area is 157 Å². The Morgan fingerprint density at radius 1 is 1.28 bits per heavy atom. The van der Waals surface area contributed by atoms with Gasteiger partial charge in [-0.3, -0.25) is 4.79 Å². The Bertz CT molecular complexity index is 1050. The summed E-state index contributed by atoms with van der Waals surface area (Å²) < 4.78 is 33.4. The number of amides is 1. The molecule has 3 aromatic rings. The number of benzene rings is 2. The molecular formula is C16H13BrN2O4S2. The topological polar surface area (TPSA) is 85.4 Å². The highest BCUT2D eigenvalue weighted by Gasteiger charge is 2.19. The molecule has 1 heterocycles. The second-order valence-corrected chi connectivity index (χ2v) is 8.67. The predicted molar refractivity (Wildman–Crippen MR) is 99.3 cm³/mol. The Hall–Kier alpha value is -1.97. The van der Waals surface area contributed by atoms with E-state index < -0.39 is 15.9 Å². The number of hydrogen-bond donors (Lipinski definition) is 1. The van der Waals surface area contributed by atoms with Gasteiger partial charge in [-0.15, -0.1) is 11.3 Å². The lowest BCUT2D eigenvalue weighted by Crippen LogP contribution is -2.31. The Morgan fingerprint density at radius 2 is 2.08 bits per heavy atom. The fourth-order valence-corrected chi connectivity index (χ4v) is 4.66. The first-order valence-electron chi connectivity index (χ1n) is 7.10. The van der Waals surface area contributed by atoms with Gasteiger partial charge in [0.2, 0.25) is 5.91 Å². The maximum atomic E-state index is 12.4. The van der Waals surface area contributed by atoms with Crippen LogP contribution in [0.1, 0.15) is 5.56 Å². The SMILES string of the molecule is COc1cc(Br)cc(S(=O)(=O)NC(=O)Cc2ccc3ncsc3c2)c1. The normalized spacial score (nSPS) is 11.4. The van der Waals surface area contributed by atoms with Crippen molar-refractivity contribution in [3.05, 3.63) is 51.9 Å². The van der Waals surface area contributed by atoms with Crippen LogP contribution in [0, 0.1) is 0 Å². The van der Waals surface area contributed by atoms with Crippen LogP contribution in [0.3, 0.4) is 0 Å². The Balaban J connectivity index is 1.78. The van der Waals surface area contributed by atoms with Crippen LogP contribution in [0.4, 0.5) is 0 Å². The molecule has 1 N–H and O–H groups in total. The molecule has 1 amide bonds. The summed E-state index contributed by atoms with van der Waals surface area (Å²) in [5.41, 5.74) is 3.29. The molecule has 0 atom stereocenters. The van der Waals surface area contributed by atoms with Gasteiger partial charge >= 0.3 is 0 Å². The lowest BCUT2D eigenvalue weighted by atomic mass is 10.1. The fraction of sp³-hybridized carbons (Fsp3) is 0.125. The molecule has 0 aliphatic carbocycles. The number of methoxy groups -OCH3 is 1. The minimum Gasteiger partial charge on any atom is -0.497 e. The number of carbonyl (C=O) groups is 1. The van der Waals surface area contributed by atoms with E-state index in [0.717, 1.165) is 15.8 Å². The van der Waals surface area contributed by atoms with Crippen molar-refractivity contribution < 1.29 is 17.9 Å². The molecule has 0 unspecified atom stereocenters. The lowest BCUT2D eigenvalue weighted by molar-refractivity contribution is -0.118. The number of nitrogens with one attached hydrogen (secondary N) is 1. The van der Waals surface area contributed by atoms with Crippen molar-refractivity contribution in [1.29, 1.82) is 0 Å². The van der Waals surface area contributed by atoms with Crippen LogP contribution < -0.4 is 9.46 Å². The van der Waals surface area contributed by atoms with Crippen molar-refractivity contribution in [3.8, 4) is 5.75 Å². The molecule has 0 radical (unpaired) electrons. The molecule has 25 heavy (non-hydrogen) atoms. The van der Waals surface area contributed by atoms with E-state index in [4.69, 9.17) is 4.74 Å². The number of fused-ring (bicyclic) bond motifs is 1. The fourth-order valence-electron chi connectivity index (χ4n) is 2.25. The number of hydrogen-bond acceptors (Lipinski definition) is 6. The summed E-state index contributed by atoms with van der Waals surface area (Å²) >= 11 is 4.69. The Kier molecular flexibility index (Phi) is 5.07. The van der Waals surface area contributed by atoms with E-state index in [1.54, 1.807) is 17.6 Å². The summed E-state index contributed by atoms with van der Waals surface area (Å²) in [6.45, 7) is 0. The van der Waals surface area contributed by atoms with Gasteiger partial charge in [0, 0.05) is 10.5 Å². The minimum atomic E-state index is -3.99. The first-order chi connectivity index (χ1) is 11.9. The summed E-state index contributed by atoms with van der Waals surface area (Å²) in [7, 11) is -2.55. The number of rotatable bonds is 5. The maximum Gasteiger partial charge on any atom is 0.264 e. The molecule has 6 nitrogen and oxygen atoms in total. The standard InChI is InChI=1S/C16H13BrN2O4S2/c1-23-12-6-11(17)7-13(8-12)25(21,22)19-16(20)5-10-2-3-14-15(4-10)24-9-18-14/h2-4,6-9H,5H2,1H3,(H,19,20). The van der Waals surface area contributed by atoms with Gasteiger partial charge in [0.1, 0.15) is 5.75 Å². The molecule has 1 aromatic heterocycles. The minimum absolute atomic E-state index is 0.0434. The molecule has 0 fully saturated rings.